The molecule has 2 N–H and O–H groups in total. The normalized spacial score (nSPS) is 13.4. The minimum Gasteiger partial charge on any atom is -0.491 e. The van der Waals surface area contributed by atoms with E-state index in [2.05, 4.69) is 4.74 Å². The predicted octanol–water partition coefficient (Wildman–Crippen LogP) is 2.28. The second kappa shape index (κ2) is 6.61. The van der Waals surface area contributed by atoms with Crippen molar-refractivity contribution in [1.29, 1.82) is 0 Å². The Morgan fingerprint density at radius 2 is 2.06 bits per heavy atom. The van der Waals surface area contributed by atoms with Crippen molar-refractivity contribution >= 4 is 0 Å². The molecule has 0 fully saturated rings. The van der Waals surface area contributed by atoms with Crippen molar-refractivity contribution in [1.82, 2.24) is 0 Å². The second-order valence-corrected chi connectivity index (χ2v) is 3.91. The van der Waals surface area contributed by atoms with Crippen LogP contribution in [0.1, 0.15) is 5.56 Å². The van der Waals surface area contributed by atoms with Crippen molar-refractivity contribution in [2.75, 3.05) is 19.8 Å². The highest BCUT2D eigenvalue weighted by Gasteiger charge is 2.29. The lowest BCUT2D eigenvalue weighted by molar-refractivity contribution is -0.186. The van der Waals surface area contributed by atoms with Gasteiger partial charge in [-0.25, -0.2) is 0 Å². The third-order valence-corrected chi connectivity index (χ3v) is 2.17. The van der Waals surface area contributed by atoms with E-state index < -0.39 is 18.9 Å². The Morgan fingerprint density at radius 1 is 1.33 bits per heavy atom. The minimum atomic E-state index is -4.35. The molecule has 0 radical (unpaired) electrons. The van der Waals surface area contributed by atoms with E-state index >= 15 is 0 Å². The van der Waals surface area contributed by atoms with Gasteiger partial charge >= 0.3 is 6.18 Å². The number of alkyl halides is 3. The summed E-state index contributed by atoms with van der Waals surface area (Å²) in [5.41, 5.74) is 6.33. The number of hydrogen-bond donors (Lipinski definition) is 1. The van der Waals surface area contributed by atoms with Crippen molar-refractivity contribution in [2.24, 2.45) is 5.73 Å². The van der Waals surface area contributed by atoms with Crippen LogP contribution in [0.2, 0.25) is 0 Å². The van der Waals surface area contributed by atoms with Crippen LogP contribution in [0.5, 0.6) is 5.75 Å². The SMILES string of the molecule is Cc1cccc(OC[C@H](CN)OCC(F)(F)F)c1. The lowest BCUT2D eigenvalue weighted by Gasteiger charge is -2.18. The first-order valence-corrected chi connectivity index (χ1v) is 5.48. The van der Waals surface area contributed by atoms with Gasteiger partial charge in [-0.1, -0.05) is 12.1 Å². The quantitative estimate of drug-likeness (QED) is 0.856. The fourth-order valence-electron chi connectivity index (χ4n) is 1.29. The molecule has 0 heterocycles. The Bertz CT molecular complexity index is 369. The van der Waals surface area contributed by atoms with Gasteiger partial charge in [-0.2, -0.15) is 13.2 Å². The molecule has 1 aromatic carbocycles. The average molecular weight is 263 g/mol. The highest BCUT2D eigenvalue weighted by atomic mass is 19.4. The van der Waals surface area contributed by atoms with E-state index in [9.17, 15) is 13.2 Å². The maximum absolute atomic E-state index is 12.0. The number of hydrogen-bond acceptors (Lipinski definition) is 3. The fraction of sp³-hybridized carbons (Fsp3) is 0.500. The maximum atomic E-state index is 12.0. The van der Waals surface area contributed by atoms with Crippen molar-refractivity contribution in [3.8, 4) is 5.75 Å². The highest BCUT2D eigenvalue weighted by Crippen LogP contribution is 2.16. The van der Waals surface area contributed by atoms with E-state index in [1.807, 2.05) is 13.0 Å². The van der Waals surface area contributed by atoms with Gasteiger partial charge in [0, 0.05) is 6.54 Å². The van der Waals surface area contributed by atoms with Gasteiger partial charge in [0.05, 0.1) is 0 Å². The summed E-state index contributed by atoms with van der Waals surface area (Å²) in [7, 11) is 0. The van der Waals surface area contributed by atoms with Gasteiger partial charge in [-0.05, 0) is 24.6 Å². The van der Waals surface area contributed by atoms with Crippen LogP contribution < -0.4 is 10.5 Å². The van der Waals surface area contributed by atoms with Crippen LogP contribution in [0.15, 0.2) is 24.3 Å². The minimum absolute atomic E-state index is 0.00394. The summed E-state index contributed by atoms with van der Waals surface area (Å²) in [6.45, 7) is 0.553. The molecule has 0 aromatic heterocycles. The largest absolute Gasteiger partial charge is 0.491 e. The van der Waals surface area contributed by atoms with Crippen molar-refractivity contribution in [3.05, 3.63) is 29.8 Å². The van der Waals surface area contributed by atoms with Crippen molar-refractivity contribution in [2.45, 2.75) is 19.2 Å². The lowest BCUT2D eigenvalue weighted by Crippen LogP contribution is -2.33. The number of ether oxygens (including phenoxy) is 2. The Hall–Kier alpha value is -1.27. The molecule has 18 heavy (non-hydrogen) atoms. The van der Waals surface area contributed by atoms with E-state index in [-0.39, 0.29) is 13.2 Å². The zero-order chi connectivity index (χ0) is 13.6. The van der Waals surface area contributed by atoms with E-state index in [4.69, 9.17) is 10.5 Å². The molecule has 1 rings (SSSR count). The second-order valence-electron chi connectivity index (χ2n) is 3.91. The third kappa shape index (κ3) is 5.88. The van der Waals surface area contributed by atoms with Gasteiger partial charge in [-0.3, -0.25) is 0 Å². The maximum Gasteiger partial charge on any atom is 0.411 e. The van der Waals surface area contributed by atoms with E-state index in [1.54, 1.807) is 18.2 Å². The molecule has 1 atom stereocenters. The Morgan fingerprint density at radius 3 is 2.61 bits per heavy atom. The van der Waals surface area contributed by atoms with Gasteiger partial charge in [-0.15, -0.1) is 0 Å². The lowest BCUT2D eigenvalue weighted by atomic mass is 10.2. The molecular formula is C12H16F3NO2. The summed E-state index contributed by atoms with van der Waals surface area (Å²) in [5.74, 6) is 0.587. The van der Waals surface area contributed by atoms with Crippen LogP contribution in [-0.2, 0) is 4.74 Å². The van der Waals surface area contributed by atoms with Crippen LogP contribution in [0.3, 0.4) is 0 Å². The van der Waals surface area contributed by atoms with Gasteiger partial charge in [0.15, 0.2) is 0 Å². The van der Waals surface area contributed by atoms with Crippen molar-refractivity contribution in [3.63, 3.8) is 0 Å². The molecule has 0 aliphatic rings. The van der Waals surface area contributed by atoms with Gasteiger partial charge in [0.2, 0.25) is 0 Å². The third-order valence-electron chi connectivity index (χ3n) is 2.17. The van der Waals surface area contributed by atoms with Crippen LogP contribution in [0, 0.1) is 6.92 Å². The molecule has 0 bridgehead atoms. The molecule has 102 valence electrons. The number of nitrogens with two attached hydrogens (primary N) is 1. The molecule has 1 aromatic rings. The molecule has 0 aliphatic heterocycles. The van der Waals surface area contributed by atoms with Crippen LogP contribution in [0.4, 0.5) is 13.2 Å². The summed E-state index contributed by atoms with van der Waals surface area (Å²) in [6, 6.07) is 7.22. The number of aryl methyl sites for hydroxylation is 1. The molecule has 0 saturated heterocycles. The van der Waals surface area contributed by atoms with E-state index in [0.29, 0.717) is 5.75 Å². The Balaban J connectivity index is 2.40. The molecular weight excluding hydrogens is 247 g/mol. The Kier molecular flexibility index (Phi) is 5.43. The first-order valence-electron chi connectivity index (χ1n) is 5.48. The highest BCUT2D eigenvalue weighted by molar-refractivity contribution is 5.27. The summed E-state index contributed by atoms with van der Waals surface area (Å²) in [4.78, 5) is 0. The van der Waals surface area contributed by atoms with E-state index in [0.717, 1.165) is 5.56 Å². The first kappa shape index (κ1) is 14.8. The van der Waals surface area contributed by atoms with Crippen molar-refractivity contribution < 1.29 is 22.6 Å². The molecule has 0 unspecified atom stereocenters. The first-order chi connectivity index (χ1) is 8.40. The monoisotopic (exact) mass is 263 g/mol. The standard InChI is InChI=1S/C12H16F3NO2/c1-9-3-2-4-10(5-9)17-7-11(6-16)18-8-12(13,14)15/h2-5,11H,6-8,16H2,1H3/t11-/m0/s1. The van der Waals surface area contributed by atoms with Crippen LogP contribution >= 0.6 is 0 Å². The molecule has 6 heteroatoms. The Labute approximate surface area is 104 Å². The molecule has 3 nitrogen and oxygen atoms in total. The van der Waals surface area contributed by atoms with Crippen LogP contribution in [-0.4, -0.2) is 32.0 Å². The topological polar surface area (TPSA) is 44.5 Å². The van der Waals surface area contributed by atoms with Gasteiger partial charge in [0.1, 0.15) is 25.1 Å². The zero-order valence-electron chi connectivity index (χ0n) is 10.0. The summed E-state index contributed by atoms with van der Waals surface area (Å²) in [6.07, 6.45) is -5.12. The van der Waals surface area contributed by atoms with Gasteiger partial charge in [0.25, 0.3) is 0 Å². The molecule has 0 saturated carbocycles. The summed E-state index contributed by atoms with van der Waals surface area (Å²) < 4.78 is 45.9. The molecule has 0 aliphatic carbocycles. The smallest absolute Gasteiger partial charge is 0.411 e. The predicted molar refractivity (Wildman–Crippen MR) is 61.5 cm³/mol. The molecule has 0 spiro atoms. The summed E-state index contributed by atoms with van der Waals surface area (Å²) >= 11 is 0. The molecule has 0 amide bonds. The van der Waals surface area contributed by atoms with E-state index in [1.165, 1.54) is 0 Å². The van der Waals surface area contributed by atoms with Gasteiger partial charge < -0.3 is 15.2 Å². The number of benzene rings is 1. The van der Waals surface area contributed by atoms with Crippen LogP contribution in [0.25, 0.3) is 0 Å². The zero-order valence-corrected chi connectivity index (χ0v) is 10.0. The fourth-order valence-corrected chi connectivity index (χ4v) is 1.29. The summed E-state index contributed by atoms with van der Waals surface area (Å²) in [5, 5.41) is 0. The number of halogens is 3. The average Bonchev–Trinajstić information content (AvgIpc) is 2.28. The number of rotatable bonds is 6.